The van der Waals surface area contributed by atoms with Gasteiger partial charge in [-0.25, -0.2) is 9.59 Å². The van der Waals surface area contributed by atoms with Crippen LogP contribution in [0.4, 0.5) is 4.79 Å². The molecular weight excluding hydrogens is 412 g/mol. The maximum Gasteiger partial charge on any atom is 0.408 e. The van der Waals surface area contributed by atoms with Gasteiger partial charge in [0, 0.05) is 12.8 Å². The first-order chi connectivity index (χ1) is 15.4. The fourth-order valence-corrected chi connectivity index (χ4v) is 2.98. The van der Waals surface area contributed by atoms with E-state index in [9.17, 15) is 19.2 Å². The first-order valence-corrected chi connectivity index (χ1v) is 10.3. The van der Waals surface area contributed by atoms with E-state index in [1.165, 1.54) is 14.0 Å². The molecule has 2 atom stereocenters. The van der Waals surface area contributed by atoms with Gasteiger partial charge in [-0.3, -0.25) is 4.79 Å². The van der Waals surface area contributed by atoms with E-state index in [1.54, 1.807) is 0 Å². The number of Topliss-reactive ketones (excluding diaryl/α,β-unsaturated/α-hetero) is 1. The van der Waals surface area contributed by atoms with Gasteiger partial charge in [-0.05, 0) is 24.5 Å². The highest BCUT2D eigenvalue weighted by Gasteiger charge is 2.28. The van der Waals surface area contributed by atoms with E-state index in [4.69, 9.17) is 9.47 Å². The lowest BCUT2D eigenvalue weighted by atomic mass is 10.0. The summed E-state index contributed by atoms with van der Waals surface area (Å²) in [5, 5.41) is 5.16. The summed E-state index contributed by atoms with van der Waals surface area (Å²) in [4.78, 5) is 48.7. The molecule has 2 rings (SSSR count). The van der Waals surface area contributed by atoms with Gasteiger partial charge in [0.05, 0.1) is 7.11 Å². The number of alkyl carbamates (subject to hydrolysis) is 1. The monoisotopic (exact) mass is 440 g/mol. The molecule has 8 nitrogen and oxygen atoms in total. The minimum absolute atomic E-state index is 0.0513. The number of ketones is 1. The van der Waals surface area contributed by atoms with Crippen molar-refractivity contribution in [3.8, 4) is 0 Å². The van der Waals surface area contributed by atoms with Crippen molar-refractivity contribution in [2.24, 2.45) is 0 Å². The van der Waals surface area contributed by atoms with Crippen LogP contribution >= 0.6 is 0 Å². The largest absolute Gasteiger partial charge is 0.467 e. The van der Waals surface area contributed by atoms with Gasteiger partial charge in [0.25, 0.3) is 0 Å². The molecule has 2 aromatic carbocycles. The van der Waals surface area contributed by atoms with Gasteiger partial charge in [0.15, 0.2) is 0 Å². The van der Waals surface area contributed by atoms with Crippen molar-refractivity contribution in [2.45, 2.75) is 44.9 Å². The number of amides is 2. The highest BCUT2D eigenvalue weighted by Crippen LogP contribution is 2.07. The lowest BCUT2D eigenvalue weighted by Crippen LogP contribution is -2.52. The molecule has 0 bridgehead atoms. The number of carbonyl (C=O) groups is 4. The summed E-state index contributed by atoms with van der Waals surface area (Å²) in [7, 11) is 1.20. The summed E-state index contributed by atoms with van der Waals surface area (Å²) in [6, 6.07) is 16.3. The highest BCUT2D eigenvalue weighted by atomic mass is 16.5. The number of carbonyl (C=O) groups excluding carboxylic acids is 4. The second-order valence-electron chi connectivity index (χ2n) is 7.27. The molecule has 0 saturated carbocycles. The van der Waals surface area contributed by atoms with E-state index < -0.39 is 30.1 Å². The number of hydrogen-bond donors (Lipinski definition) is 2. The molecule has 0 aliphatic heterocycles. The van der Waals surface area contributed by atoms with E-state index in [2.05, 4.69) is 10.6 Å². The molecule has 0 fully saturated rings. The smallest absolute Gasteiger partial charge is 0.408 e. The molecule has 2 N–H and O–H groups in total. The third kappa shape index (κ3) is 8.59. The Morgan fingerprint density at radius 2 is 1.44 bits per heavy atom. The Hall–Kier alpha value is -3.68. The van der Waals surface area contributed by atoms with Crippen LogP contribution in [0.3, 0.4) is 0 Å². The molecule has 2 amide bonds. The van der Waals surface area contributed by atoms with Gasteiger partial charge in [0.1, 0.15) is 24.5 Å². The van der Waals surface area contributed by atoms with E-state index in [0.29, 0.717) is 0 Å². The highest BCUT2D eigenvalue weighted by molar-refractivity contribution is 5.90. The van der Waals surface area contributed by atoms with E-state index >= 15 is 0 Å². The molecule has 0 heterocycles. The molecule has 0 spiro atoms. The minimum atomic E-state index is -1.00. The molecule has 2 aromatic rings. The van der Waals surface area contributed by atoms with Crippen LogP contribution in [-0.4, -0.2) is 42.9 Å². The van der Waals surface area contributed by atoms with Crippen LogP contribution in [0, 0.1) is 0 Å². The summed E-state index contributed by atoms with van der Waals surface area (Å²) >= 11 is 0. The van der Waals surface area contributed by atoms with Crippen molar-refractivity contribution in [3.63, 3.8) is 0 Å². The van der Waals surface area contributed by atoms with Crippen molar-refractivity contribution in [1.82, 2.24) is 10.6 Å². The summed E-state index contributed by atoms with van der Waals surface area (Å²) in [6.07, 6.45) is -0.364. The Morgan fingerprint density at radius 3 is 2.00 bits per heavy atom. The van der Waals surface area contributed by atoms with Crippen molar-refractivity contribution >= 4 is 23.8 Å². The summed E-state index contributed by atoms with van der Waals surface area (Å²) in [5.74, 6) is -1.36. The second kappa shape index (κ2) is 12.9. The van der Waals surface area contributed by atoms with Crippen LogP contribution in [0.2, 0.25) is 0 Å². The predicted octanol–water partition coefficient (Wildman–Crippen LogP) is 2.55. The third-order valence-electron chi connectivity index (χ3n) is 4.69. The molecule has 0 unspecified atom stereocenters. The molecule has 0 aliphatic carbocycles. The third-order valence-corrected chi connectivity index (χ3v) is 4.69. The van der Waals surface area contributed by atoms with Gasteiger partial charge in [-0.1, -0.05) is 60.7 Å². The molecule has 170 valence electrons. The number of esters is 1. The van der Waals surface area contributed by atoms with E-state index in [1.807, 2.05) is 60.7 Å². The van der Waals surface area contributed by atoms with Crippen molar-refractivity contribution in [3.05, 3.63) is 71.8 Å². The fourth-order valence-electron chi connectivity index (χ4n) is 2.98. The lowest BCUT2D eigenvalue weighted by Gasteiger charge is -2.22. The number of methoxy groups -OCH3 is 1. The van der Waals surface area contributed by atoms with Crippen molar-refractivity contribution < 1.29 is 28.7 Å². The number of rotatable bonds is 11. The van der Waals surface area contributed by atoms with Gasteiger partial charge < -0.3 is 24.9 Å². The molecule has 0 radical (unpaired) electrons. The molecule has 0 aromatic heterocycles. The zero-order chi connectivity index (χ0) is 23.3. The van der Waals surface area contributed by atoms with Gasteiger partial charge >= 0.3 is 12.1 Å². The quantitative estimate of drug-likeness (QED) is 0.520. The van der Waals surface area contributed by atoms with E-state index in [0.717, 1.165) is 11.1 Å². The van der Waals surface area contributed by atoms with Crippen LogP contribution in [0.25, 0.3) is 0 Å². The SMILES string of the molecule is COC(=O)[C@H](CCC(C)=O)NC(=O)[C@H](Cc1ccccc1)NC(=O)OCc1ccccc1. The second-order valence-corrected chi connectivity index (χ2v) is 7.27. The number of ether oxygens (including phenoxy) is 2. The van der Waals surface area contributed by atoms with Crippen LogP contribution in [-0.2, 0) is 36.9 Å². The minimum Gasteiger partial charge on any atom is -0.467 e. The topological polar surface area (TPSA) is 111 Å². The predicted molar refractivity (Wildman–Crippen MR) is 118 cm³/mol. The van der Waals surface area contributed by atoms with Crippen molar-refractivity contribution in [1.29, 1.82) is 0 Å². The van der Waals surface area contributed by atoms with Gasteiger partial charge in [0.2, 0.25) is 5.91 Å². The first kappa shape index (κ1) is 24.6. The molecule has 8 heteroatoms. The van der Waals surface area contributed by atoms with Gasteiger partial charge in [-0.2, -0.15) is 0 Å². The first-order valence-electron chi connectivity index (χ1n) is 10.3. The number of nitrogens with one attached hydrogen (secondary N) is 2. The van der Waals surface area contributed by atoms with Crippen LogP contribution in [0.5, 0.6) is 0 Å². The average Bonchev–Trinajstić information content (AvgIpc) is 2.80. The Labute approximate surface area is 187 Å². The zero-order valence-corrected chi connectivity index (χ0v) is 18.2. The molecular formula is C24H28N2O6. The Balaban J connectivity index is 2.08. The number of hydrogen-bond acceptors (Lipinski definition) is 6. The average molecular weight is 440 g/mol. The maximum atomic E-state index is 13.0. The lowest BCUT2D eigenvalue weighted by molar-refractivity contribution is -0.145. The summed E-state index contributed by atoms with van der Waals surface area (Å²) in [5.41, 5.74) is 1.62. The number of benzene rings is 2. The van der Waals surface area contributed by atoms with Crippen LogP contribution in [0.15, 0.2) is 60.7 Å². The van der Waals surface area contributed by atoms with Crippen LogP contribution < -0.4 is 10.6 Å². The van der Waals surface area contributed by atoms with Crippen molar-refractivity contribution in [2.75, 3.05) is 7.11 Å². The molecule has 0 saturated heterocycles. The summed E-state index contributed by atoms with van der Waals surface area (Å²) < 4.78 is 9.97. The zero-order valence-electron chi connectivity index (χ0n) is 18.2. The summed E-state index contributed by atoms with van der Waals surface area (Å²) in [6.45, 7) is 1.45. The molecule has 32 heavy (non-hydrogen) atoms. The Bertz CT molecular complexity index is 901. The maximum absolute atomic E-state index is 13.0. The Kier molecular flexibility index (Phi) is 9.90. The fraction of sp³-hybridized carbons (Fsp3) is 0.333. The standard InChI is InChI=1S/C24H28N2O6/c1-17(27)13-14-20(23(29)31-2)25-22(28)21(15-18-9-5-3-6-10-18)26-24(30)32-16-19-11-7-4-8-12-19/h3-12,20-21H,13-16H2,1-2H3,(H,25,28)(H,26,30)/t20-,21-/m0/s1. The van der Waals surface area contributed by atoms with Crippen LogP contribution in [0.1, 0.15) is 30.9 Å². The normalized spacial score (nSPS) is 12.2. The van der Waals surface area contributed by atoms with Gasteiger partial charge in [-0.15, -0.1) is 0 Å². The molecule has 0 aliphatic rings. The van der Waals surface area contributed by atoms with E-state index in [-0.39, 0.29) is 31.7 Å². The Morgan fingerprint density at radius 1 is 0.844 bits per heavy atom.